The van der Waals surface area contributed by atoms with Crippen LogP contribution >= 0.6 is 8.46 Å². The Kier molecular flexibility index (Phi) is 1.69. The second kappa shape index (κ2) is 1.85. The van der Waals surface area contributed by atoms with Crippen molar-refractivity contribution in [3.05, 3.63) is 0 Å². The molecule has 0 aromatic carbocycles. The highest BCUT2D eigenvalue weighted by Gasteiger charge is 1.75. The van der Waals surface area contributed by atoms with Gasteiger partial charge in [0.05, 0.1) is 0 Å². The van der Waals surface area contributed by atoms with Gasteiger partial charge in [0, 0.05) is 0 Å². The predicted molar refractivity (Wildman–Crippen MR) is 18.6 cm³/mol. The lowest BCUT2D eigenvalue weighted by Gasteiger charge is -1.60. The average Bonchev–Trinajstić information content (AvgIpc) is 1.38. The Bertz CT molecular complexity index is 60.7. The van der Waals surface area contributed by atoms with E-state index in [0.717, 1.165) is 0 Å². The molecule has 29 valence electrons. The van der Waals surface area contributed by atoms with E-state index >= 15 is 0 Å². The summed E-state index contributed by atoms with van der Waals surface area (Å²) in [5.41, 5.74) is 3.58. The number of hydrogen-bond donors (Lipinski definition) is 1. The van der Waals surface area contributed by atoms with E-state index in [-0.39, 0.29) is 0 Å². The molecule has 0 aliphatic rings. The molecule has 0 bridgehead atoms. The fraction of sp³-hybridized carbons (Fsp3) is 0. The summed E-state index contributed by atoms with van der Waals surface area (Å²) in [5.74, 6) is 0. The molecule has 0 saturated carbocycles. The van der Waals surface area contributed by atoms with E-state index < -0.39 is 14.1 Å². The van der Waals surface area contributed by atoms with E-state index in [1.807, 2.05) is 0 Å². The summed E-state index contributed by atoms with van der Waals surface area (Å²) in [7, 11) is -0.997. The van der Waals surface area contributed by atoms with Gasteiger partial charge >= 0.3 is 0 Å². The van der Waals surface area contributed by atoms with Crippen molar-refractivity contribution in [3.8, 4) is 0 Å². The Balaban J connectivity index is 3.20. The molecule has 4 heteroatoms. The average molecular weight is 92.0 g/mol. The molecule has 5 heavy (non-hydrogen) atoms. The van der Waals surface area contributed by atoms with E-state index in [4.69, 9.17) is 0 Å². The highest BCUT2D eigenvalue weighted by Crippen LogP contribution is 1.84. The van der Waals surface area contributed by atoms with Crippen molar-refractivity contribution in [2.75, 3.05) is 0 Å². The summed E-state index contributed by atoms with van der Waals surface area (Å²) in [6.45, 7) is 0. The standard InChI is InChI=1S/CH3NO2P/c2-1(3)5-4/h5H,(H2,2,3). The van der Waals surface area contributed by atoms with Crippen LogP contribution in [0.1, 0.15) is 0 Å². The first kappa shape index (κ1) is 4.57. The van der Waals surface area contributed by atoms with Gasteiger partial charge in [-0.25, -0.2) is 0 Å². The van der Waals surface area contributed by atoms with E-state index in [0.29, 0.717) is 0 Å². The van der Waals surface area contributed by atoms with E-state index in [1.165, 1.54) is 0 Å². The summed E-state index contributed by atoms with van der Waals surface area (Å²) < 4.78 is 9.18. The molecular formula is CH3NO2P. The first-order chi connectivity index (χ1) is 2.27. The number of amides is 1. The molecule has 0 rings (SSSR count). The van der Waals surface area contributed by atoms with Gasteiger partial charge in [-0.3, -0.25) is 9.36 Å². The SMILES string of the molecule is NC(=O)[PH]=O. The normalized spacial score (nSPS) is 8.00. The van der Waals surface area contributed by atoms with Gasteiger partial charge in [-0.15, -0.1) is 0 Å². The Morgan fingerprint density at radius 3 is 2.00 bits per heavy atom. The zero-order valence-electron chi connectivity index (χ0n) is 2.39. The van der Waals surface area contributed by atoms with Crippen molar-refractivity contribution in [1.82, 2.24) is 0 Å². The van der Waals surface area contributed by atoms with Gasteiger partial charge in [0.25, 0.3) is 5.65 Å². The molecule has 3 nitrogen and oxygen atoms in total. The van der Waals surface area contributed by atoms with Crippen LogP contribution < -0.4 is 5.73 Å². The van der Waals surface area contributed by atoms with E-state index in [2.05, 4.69) is 5.73 Å². The molecule has 0 spiro atoms. The molecule has 1 radical (unpaired) electrons. The van der Waals surface area contributed by atoms with Gasteiger partial charge < -0.3 is 5.73 Å². The Morgan fingerprint density at radius 2 is 2.00 bits per heavy atom. The van der Waals surface area contributed by atoms with E-state index in [1.54, 1.807) is 0 Å². The first-order valence-corrected chi connectivity index (χ1v) is 1.86. The van der Waals surface area contributed by atoms with Gasteiger partial charge in [0.2, 0.25) is 0 Å². The number of nitrogens with two attached hydrogens (primary N) is 1. The Hall–Kier alpha value is -0.430. The van der Waals surface area contributed by atoms with Gasteiger partial charge in [0.15, 0.2) is 0 Å². The molecule has 1 atom stereocenters. The minimum absolute atomic E-state index is 0.773. The zero-order valence-corrected chi connectivity index (χ0v) is 3.39. The largest absolute Gasteiger partial charge is 0.360 e. The molecule has 0 aliphatic heterocycles. The number of carbonyl (C=O) groups excluding carboxylic acids is 1. The third-order valence-corrected chi connectivity index (χ3v) is 0.302. The lowest BCUT2D eigenvalue weighted by Crippen LogP contribution is -1.95. The monoisotopic (exact) mass is 92.0 g/mol. The zero-order chi connectivity index (χ0) is 4.28. The third kappa shape index (κ3) is 3.57. The number of hydrogen-bond acceptors (Lipinski definition) is 2. The minimum atomic E-state index is -0.997. The van der Waals surface area contributed by atoms with Crippen molar-refractivity contribution in [2.45, 2.75) is 0 Å². The van der Waals surface area contributed by atoms with Crippen LogP contribution in [0.2, 0.25) is 0 Å². The summed E-state index contributed by atoms with van der Waals surface area (Å²) in [5, 5.41) is 0. The van der Waals surface area contributed by atoms with Gasteiger partial charge in [-0.1, -0.05) is 0 Å². The van der Waals surface area contributed by atoms with E-state index in [9.17, 15) is 9.36 Å². The van der Waals surface area contributed by atoms with Crippen molar-refractivity contribution >= 4 is 14.1 Å². The van der Waals surface area contributed by atoms with Gasteiger partial charge in [-0.2, -0.15) is 0 Å². The second-order valence-corrected chi connectivity index (χ2v) is 1.16. The van der Waals surface area contributed by atoms with Crippen molar-refractivity contribution < 1.29 is 9.36 Å². The van der Waals surface area contributed by atoms with Crippen LogP contribution in [0.25, 0.3) is 0 Å². The molecule has 2 N–H and O–H groups in total. The molecule has 0 saturated heterocycles. The summed E-state index contributed by atoms with van der Waals surface area (Å²) >= 11 is 0. The van der Waals surface area contributed by atoms with Crippen LogP contribution in [-0.2, 0) is 4.57 Å². The number of rotatable bonds is 1. The van der Waals surface area contributed by atoms with Gasteiger partial charge in [0.1, 0.15) is 8.46 Å². The number of primary amides is 1. The third-order valence-electron chi connectivity index (χ3n) is 0.101. The number of carbonyl (C=O) groups is 1. The molecule has 1 unspecified atom stereocenters. The van der Waals surface area contributed by atoms with Crippen LogP contribution in [0.4, 0.5) is 4.79 Å². The molecule has 0 aliphatic carbocycles. The molecule has 1 amide bonds. The Morgan fingerprint density at radius 1 is 1.80 bits per heavy atom. The maximum Gasteiger partial charge on any atom is 0.294 e. The minimum Gasteiger partial charge on any atom is -0.360 e. The van der Waals surface area contributed by atoms with Crippen LogP contribution in [0.5, 0.6) is 0 Å². The predicted octanol–water partition coefficient (Wildman–Crippen LogP) is 0.0891. The van der Waals surface area contributed by atoms with Crippen LogP contribution in [-0.4, -0.2) is 5.65 Å². The van der Waals surface area contributed by atoms with Crippen molar-refractivity contribution in [3.63, 3.8) is 0 Å². The summed E-state index contributed by atoms with van der Waals surface area (Å²) in [6, 6.07) is 0. The van der Waals surface area contributed by atoms with Crippen molar-refractivity contribution in [1.29, 1.82) is 0 Å². The molecule has 0 aromatic heterocycles. The van der Waals surface area contributed by atoms with Crippen LogP contribution in [0.3, 0.4) is 0 Å². The highest BCUT2D eigenvalue weighted by molar-refractivity contribution is 7.45. The molecule has 0 heterocycles. The Labute approximate surface area is 30.4 Å². The fourth-order valence-electron chi connectivity index (χ4n) is 0. The molecular weight excluding hydrogens is 89.0 g/mol. The fourth-order valence-corrected chi connectivity index (χ4v) is 0. The van der Waals surface area contributed by atoms with Gasteiger partial charge in [-0.05, 0) is 0 Å². The van der Waals surface area contributed by atoms with Crippen LogP contribution in [0.15, 0.2) is 0 Å². The lowest BCUT2D eigenvalue weighted by atomic mass is 11.5. The molecule has 0 aromatic rings. The second-order valence-electron chi connectivity index (χ2n) is 0.466. The van der Waals surface area contributed by atoms with Crippen molar-refractivity contribution in [2.24, 2.45) is 5.73 Å². The molecule has 0 fully saturated rings. The summed E-state index contributed by atoms with van der Waals surface area (Å²) in [4.78, 5) is 9.29. The highest BCUT2D eigenvalue weighted by atomic mass is 31.1. The maximum absolute atomic E-state index is 9.29. The van der Waals surface area contributed by atoms with Crippen LogP contribution in [0, 0.1) is 0 Å². The quantitative estimate of drug-likeness (QED) is 0.466. The maximum atomic E-state index is 9.29. The topological polar surface area (TPSA) is 60.2 Å². The first-order valence-electron chi connectivity index (χ1n) is 0.947. The smallest absolute Gasteiger partial charge is 0.294 e. The lowest BCUT2D eigenvalue weighted by molar-refractivity contribution is 0.266. The summed E-state index contributed by atoms with van der Waals surface area (Å²) in [6.07, 6.45) is 0.